The van der Waals surface area contributed by atoms with Crippen molar-refractivity contribution in [3.63, 3.8) is 0 Å². The van der Waals surface area contributed by atoms with Crippen LogP contribution < -0.4 is 10.6 Å². The summed E-state index contributed by atoms with van der Waals surface area (Å²) >= 11 is 1.72. The minimum atomic E-state index is -0.135. The number of nitrogens with zero attached hydrogens (tertiary/aromatic N) is 1. The maximum absolute atomic E-state index is 11.9. The Hall–Kier alpha value is -1.23. The van der Waals surface area contributed by atoms with Crippen LogP contribution in [0.15, 0.2) is 18.3 Å². The molecular weight excluding hydrogens is 234 g/mol. The first kappa shape index (κ1) is 13.8. The minimum Gasteiger partial charge on any atom is -0.388 e. The maximum Gasteiger partial charge on any atom is 0.270 e. The Bertz CT molecular complexity index is 393. The van der Waals surface area contributed by atoms with Crippen molar-refractivity contribution < 1.29 is 4.79 Å². The van der Waals surface area contributed by atoms with Gasteiger partial charge in [0, 0.05) is 30.2 Å². The molecule has 0 fully saturated rings. The SMILES string of the molecule is CNc1ccnc(C(=O)NCC(C)(C)SC)c1. The summed E-state index contributed by atoms with van der Waals surface area (Å²) in [7, 11) is 1.81. The second-order valence-electron chi connectivity index (χ2n) is 4.33. The Morgan fingerprint density at radius 3 is 2.82 bits per heavy atom. The zero-order valence-corrected chi connectivity index (χ0v) is 11.5. The van der Waals surface area contributed by atoms with Crippen molar-refractivity contribution in [1.82, 2.24) is 10.3 Å². The van der Waals surface area contributed by atoms with E-state index in [1.54, 1.807) is 24.0 Å². The number of hydrogen-bond donors (Lipinski definition) is 2. The van der Waals surface area contributed by atoms with Crippen LogP contribution in [0.1, 0.15) is 24.3 Å². The first-order chi connectivity index (χ1) is 7.98. The molecule has 0 radical (unpaired) electrons. The van der Waals surface area contributed by atoms with Gasteiger partial charge in [-0.05, 0) is 32.2 Å². The molecule has 17 heavy (non-hydrogen) atoms. The summed E-state index contributed by atoms with van der Waals surface area (Å²) in [5, 5.41) is 5.87. The van der Waals surface area contributed by atoms with Gasteiger partial charge in [0.1, 0.15) is 5.69 Å². The molecule has 0 spiro atoms. The minimum absolute atomic E-state index is 0.0380. The number of aromatic nitrogens is 1. The van der Waals surface area contributed by atoms with E-state index < -0.39 is 0 Å². The van der Waals surface area contributed by atoms with Crippen LogP contribution in [0.3, 0.4) is 0 Å². The van der Waals surface area contributed by atoms with E-state index in [-0.39, 0.29) is 10.7 Å². The Kier molecular flexibility index (Phi) is 4.81. The fraction of sp³-hybridized carbons (Fsp3) is 0.500. The highest BCUT2D eigenvalue weighted by molar-refractivity contribution is 7.99. The Morgan fingerprint density at radius 1 is 1.53 bits per heavy atom. The van der Waals surface area contributed by atoms with Crippen molar-refractivity contribution in [1.29, 1.82) is 0 Å². The van der Waals surface area contributed by atoms with Crippen molar-refractivity contribution in [2.45, 2.75) is 18.6 Å². The van der Waals surface area contributed by atoms with E-state index in [1.165, 1.54) is 0 Å². The molecule has 0 aliphatic heterocycles. The predicted octanol–water partition coefficient (Wildman–Crippen LogP) is 1.99. The lowest BCUT2D eigenvalue weighted by Gasteiger charge is -2.22. The van der Waals surface area contributed by atoms with E-state index in [0.29, 0.717) is 12.2 Å². The molecule has 0 unspecified atom stereocenters. The van der Waals surface area contributed by atoms with E-state index in [1.807, 2.05) is 19.4 Å². The van der Waals surface area contributed by atoms with E-state index in [4.69, 9.17) is 0 Å². The number of nitrogens with one attached hydrogen (secondary N) is 2. The number of amides is 1. The van der Waals surface area contributed by atoms with Gasteiger partial charge in [0.25, 0.3) is 5.91 Å². The molecule has 0 bridgehead atoms. The topological polar surface area (TPSA) is 54.0 Å². The average molecular weight is 253 g/mol. The summed E-state index contributed by atoms with van der Waals surface area (Å²) in [6.45, 7) is 4.81. The van der Waals surface area contributed by atoms with Crippen LogP contribution in [0.2, 0.25) is 0 Å². The average Bonchev–Trinajstić information content (AvgIpc) is 2.36. The highest BCUT2D eigenvalue weighted by Gasteiger charge is 2.17. The number of carbonyl (C=O) groups excluding carboxylic acids is 1. The molecule has 0 aromatic carbocycles. The molecule has 5 heteroatoms. The Balaban J connectivity index is 2.64. The summed E-state index contributed by atoms with van der Waals surface area (Å²) in [5.74, 6) is -0.135. The van der Waals surface area contributed by atoms with Gasteiger partial charge in [-0.3, -0.25) is 9.78 Å². The van der Waals surface area contributed by atoms with Crippen LogP contribution in [0, 0.1) is 0 Å². The number of thioether (sulfide) groups is 1. The van der Waals surface area contributed by atoms with Crippen LogP contribution in [0.4, 0.5) is 5.69 Å². The van der Waals surface area contributed by atoms with Gasteiger partial charge in [-0.2, -0.15) is 11.8 Å². The monoisotopic (exact) mass is 253 g/mol. The third-order valence-electron chi connectivity index (χ3n) is 2.51. The Morgan fingerprint density at radius 2 is 2.24 bits per heavy atom. The standard InChI is InChI=1S/C12H19N3OS/c1-12(2,17-4)8-15-11(16)10-7-9(13-3)5-6-14-10/h5-7H,8H2,1-4H3,(H,13,14)(H,15,16). The summed E-state index contributed by atoms with van der Waals surface area (Å²) in [6, 6.07) is 3.56. The van der Waals surface area contributed by atoms with E-state index in [2.05, 4.69) is 29.5 Å². The number of anilines is 1. The molecule has 94 valence electrons. The van der Waals surface area contributed by atoms with E-state index in [9.17, 15) is 4.79 Å². The summed E-state index contributed by atoms with van der Waals surface area (Å²) in [4.78, 5) is 15.9. The van der Waals surface area contributed by atoms with Crippen molar-refractivity contribution in [2.75, 3.05) is 25.2 Å². The molecule has 0 saturated heterocycles. The van der Waals surface area contributed by atoms with Crippen LogP contribution in [0.25, 0.3) is 0 Å². The van der Waals surface area contributed by atoms with Gasteiger partial charge in [-0.15, -0.1) is 0 Å². The molecule has 4 nitrogen and oxygen atoms in total. The second kappa shape index (κ2) is 5.91. The van der Waals surface area contributed by atoms with Gasteiger partial charge in [0.05, 0.1) is 0 Å². The second-order valence-corrected chi connectivity index (χ2v) is 5.84. The van der Waals surface area contributed by atoms with Gasteiger partial charge in [0.2, 0.25) is 0 Å². The van der Waals surface area contributed by atoms with E-state index in [0.717, 1.165) is 5.69 Å². The predicted molar refractivity (Wildman–Crippen MR) is 73.7 cm³/mol. The molecule has 0 saturated carbocycles. The van der Waals surface area contributed by atoms with Gasteiger partial charge in [0.15, 0.2) is 0 Å². The lowest BCUT2D eigenvalue weighted by molar-refractivity contribution is 0.0946. The zero-order valence-electron chi connectivity index (χ0n) is 10.7. The smallest absolute Gasteiger partial charge is 0.270 e. The summed E-state index contributed by atoms with van der Waals surface area (Å²) < 4.78 is 0.0380. The van der Waals surface area contributed by atoms with Crippen LogP contribution >= 0.6 is 11.8 Å². The third-order valence-corrected chi connectivity index (χ3v) is 3.76. The summed E-state index contributed by atoms with van der Waals surface area (Å²) in [6.07, 6.45) is 3.66. The molecule has 1 amide bonds. The Labute approximate surface area is 107 Å². The van der Waals surface area contributed by atoms with Crippen molar-refractivity contribution in [3.05, 3.63) is 24.0 Å². The fourth-order valence-electron chi connectivity index (χ4n) is 1.17. The van der Waals surface area contributed by atoms with Crippen LogP contribution in [-0.2, 0) is 0 Å². The number of carbonyl (C=O) groups is 1. The maximum atomic E-state index is 11.9. The fourth-order valence-corrected chi connectivity index (χ4v) is 1.38. The largest absolute Gasteiger partial charge is 0.388 e. The van der Waals surface area contributed by atoms with Gasteiger partial charge in [-0.1, -0.05) is 0 Å². The highest BCUT2D eigenvalue weighted by atomic mass is 32.2. The number of pyridine rings is 1. The molecule has 0 aliphatic carbocycles. The normalized spacial score (nSPS) is 11.1. The van der Waals surface area contributed by atoms with Gasteiger partial charge >= 0.3 is 0 Å². The number of rotatable bonds is 5. The first-order valence-electron chi connectivity index (χ1n) is 5.45. The van der Waals surface area contributed by atoms with Crippen LogP contribution in [0.5, 0.6) is 0 Å². The van der Waals surface area contributed by atoms with Gasteiger partial charge in [-0.25, -0.2) is 0 Å². The van der Waals surface area contributed by atoms with Crippen molar-refractivity contribution in [3.8, 4) is 0 Å². The molecule has 1 aromatic rings. The van der Waals surface area contributed by atoms with Crippen molar-refractivity contribution in [2.24, 2.45) is 0 Å². The highest BCUT2D eigenvalue weighted by Crippen LogP contribution is 2.19. The zero-order chi connectivity index (χ0) is 12.9. The third kappa shape index (κ3) is 4.26. The first-order valence-corrected chi connectivity index (χ1v) is 6.68. The lowest BCUT2D eigenvalue weighted by atomic mass is 10.2. The molecule has 0 atom stereocenters. The lowest BCUT2D eigenvalue weighted by Crippen LogP contribution is -2.36. The number of hydrogen-bond acceptors (Lipinski definition) is 4. The molecular formula is C12H19N3OS. The molecule has 1 aromatic heterocycles. The van der Waals surface area contributed by atoms with Crippen LogP contribution in [-0.4, -0.2) is 35.5 Å². The van der Waals surface area contributed by atoms with E-state index >= 15 is 0 Å². The quantitative estimate of drug-likeness (QED) is 0.842. The van der Waals surface area contributed by atoms with Gasteiger partial charge < -0.3 is 10.6 Å². The molecule has 0 aliphatic rings. The molecule has 1 rings (SSSR count). The molecule has 2 N–H and O–H groups in total. The summed E-state index contributed by atoms with van der Waals surface area (Å²) in [5.41, 5.74) is 1.32. The van der Waals surface area contributed by atoms with Crippen molar-refractivity contribution >= 4 is 23.4 Å². The molecule has 1 heterocycles.